The van der Waals surface area contributed by atoms with E-state index < -0.39 is 0 Å². The van der Waals surface area contributed by atoms with Crippen molar-refractivity contribution >= 4 is 11.9 Å². The molecule has 1 aromatic heterocycles. The van der Waals surface area contributed by atoms with E-state index in [0.717, 1.165) is 0 Å². The average molecular weight is 450 g/mol. The maximum Gasteiger partial charge on any atom is 0.258 e. The normalized spacial score (nSPS) is 23.7. The topological polar surface area (TPSA) is 94.6 Å². The fraction of sp³-hybridized carbons (Fsp3) is 0.292. The van der Waals surface area contributed by atoms with Crippen LogP contribution in [0.15, 0.2) is 66.9 Å². The molecule has 9 heteroatoms. The summed E-state index contributed by atoms with van der Waals surface area (Å²) in [5.41, 5.74) is 1.27. The molecular weight excluding hydrogens is 427 g/mol. The number of carbonyl (C=O) groups is 1. The molecule has 1 amide bonds. The summed E-state index contributed by atoms with van der Waals surface area (Å²) in [7, 11) is 0. The molecule has 2 aliphatic heterocycles. The standard InChI is InChI=1S/C24H23FN4O4/c25-16-6-4-5-15(11-16)18-9-10-26-24(28-18)29-20-13-33-22-19(12-32-23(20)22)27-21(30)14-31-17-7-2-1-3-8-17/h1-11,19-20,22-23H,12-14H2,(H,27,30)(H,26,28,29). The second-order valence-electron chi connectivity index (χ2n) is 7.90. The maximum absolute atomic E-state index is 13.6. The van der Waals surface area contributed by atoms with E-state index in [9.17, 15) is 9.18 Å². The number of carbonyl (C=O) groups excluding carboxylic acids is 1. The summed E-state index contributed by atoms with van der Waals surface area (Å²) in [5, 5.41) is 6.19. The van der Waals surface area contributed by atoms with Crippen LogP contribution in [0.1, 0.15) is 0 Å². The number of benzene rings is 2. The summed E-state index contributed by atoms with van der Waals surface area (Å²) in [6.45, 7) is 0.644. The lowest BCUT2D eigenvalue weighted by Gasteiger charge is -2.18. The molecule has 3 heterocycles. The molecule has 0 radical (unpaired) electrons. The Bertz CT molecular complexity index is 1120. The molecule has 2 N–H and O–H groups in total. The third-order valence-corrected chi connectivity index (χ3v) is 5.60. The van der Waals surface area contributed by atoms with Crippen molar-refractivity contribution in [3.63, 3.8) is 0 Å². The van der Waals surface area contributed by atoms with Crippen LogP contribution in [0.25, 0.3) is 11.3 Å². The van der Waals surface area contributed by atoms with Crippen LogP contribution >= 0.6 is 0 Å². The molecule has 170 valence electrons. The van der Waals surface area contributed by atoms with Gasteiger partial charge in [-0.3, -0.25) is 4.79 Å². The molecule has 2 aromatic carbocycles. The van der Waals surface area contributed by atoms with E-state index in [0.29, 0.717) is 36.2 Å². The summed E-state index contributed by atoms with van der Waals surface area (Å²) < 4.78 is 30.9. The lowest BCUT2D eigenvalue weighted by molar-refractivity contribution is -0.124. The first-order valence-electron chi connectivity index (χ1n) is 10.7. The zero-order valence-corrected chi connectivity index (χ0v) is 17.7. The molecule has 2 aliphatic rings. The van der Waals surface area contributed by atoms with Gasteiger partial charge in [0, 0.05) is 11.8 Å². The highest BCUT2D eigenvalue weighted by Gasteiger charge is 2.48. The zero-order chi connectivity index (χ0) is 22.6. The van der Waals surface area contributed by atoms with Crippen molar-refractivity contribution in [1.82, 2.24) is 15.3 Å². The average Bonchev–Trinajstić information content (AvgIpc) is 3.42. The van der Waals surface area contributed by atoms with E-state index in [1.54, 1.807) is 36.5 Å². The highest BCUT2D eigenvalue weighted by molar-refractivity contribution is 5.78. The predicted molar refractivity (Wildman–Crippen MR) is 118 cm³/mol. The van der Waals surface area contributed by atoms with Gasteiger partial charge in [0.1, 0.15) is 23.8 Å². The summed E-state index contributed by atoms with van der Waals surface area (Å²) >= 11 is 0. The van der Waals surface area contributed by atoms with Gasteiger partial charge in [-0.05, 0) is 30.3 Å². The molecule has 0 saturated carbocycles. The Balaban J connectivity index is 1.17. The number of para-hydroxylation sites is 1. The first kappa shape index (κ1) is 21.3. The van der Waals surface area contributed by atoms with E-state index in [4.69, 9.17) is 14.2 Å². The Kier molecular flexibility index (Phi) is 6.14. The third kappa shape index (κ3) is 4.94. The Labute approximate surface area is 190 Å². The number of halogens is 1. The Morgan fingerprint density at radius 2 is 1.82 bits per heavy atom. The van der Waals surface area contributed by atoms with Gasteiger partial charge in [0.05, 0.1) is 31.0 Å². The van der Waals surface area contributed by atoms with Crippen molar-refractivity contribution in [2.75, 3.05) is 25.1 Å². The number of anilines is 1. The molecule has 4 atom stereocenters. The van der Waals surface area contributed by atoms with E-state index >= 15 is 0 Å². The molecule has 2 fully saturated rings. The van der Waals surface area contributed by atoms with Crippen LogP contribution in [-0.2, 0) is 14.3 Å². The molecule has 33 heavy (non-hydrogen) atoms. The smallest absolute Gasteiger partial charge is 0.258 e. The molecule has 0 aliphatic carbocycles. The number of rotatable bonds is 7. The van der Waals surface area contributed by atoms with Crippen LogP contribution < -0.4 is 15.4 Å². The summed E-state index contributed by atoms with van der Waals surface area (Å²) in [5.74, 6) is 0.474. The minimum Gasteiger partial charge on any atom is -0.484 e. The Morgan fingerprint density at radius 1 is 1.03 bits per heavy atom. The van der Waals surface area contributed by atoms with Crippen molar-refractivity contribution < 1.29 is 23.4 Å². The molecule has 0 spiro atoms. The van der Waals surface area contributed by atoms with Crippen molar-refractivity contribution in [3.05, 3.63) is 72.7 Å². The highest BCUT2D eigenvalue weighted by atomic mass is 19.1. The van der Waals surface area contributed by atoms with Crippen molar-refractivity contribution in [3.8, 4) is 17.0 Å². The number of nitrogens with zero attached hydrogens (tertiary/aromatic N) is 2. The van der Waals surface area contributed by atoms with E-state index in [1.807, 2.05) is 18.2 Å². The largest absolute Gasteiger partial charge is 0.484 e. The maximum atomic E-state index is 13.6. The van der Waals surface area contributed by atoms with E-state index in [-0.39, 0.29) is 42.6 Å². The van der Waals surface area contributed by atoms with Crippen LogP contribution in [-0.4, -0.2) is 60.0 Å². The molecule has 2 saturated heterocycles. The number of ether oxygens (including phenoxy) is 3. The first-order valence-corrected chi connectivity index (χ1v) is 10.7. The van der Waals surface area contributed by atoms with Crippen LogP contribution in [0.4, 0.5) is 10.3 Å². The number of fused-ring (bicyclic) bond motifs is 1. The minimum absolute atomic E-state index is 0.0830. The summed E-state index contributed by atoms with van der Waals surface area (Å²) in [6, 6.07) is 16.7. The molecule has 4 unspecified atom stereocenters. The predicted octanol–water partition coefficient (Wildman–Crippen LogP) is 2.42. The molecule has 8 nitrogen and oxygen atoms in total. The van der Waals surface area contributed by atoms with Crippen LogP contribution in [0.5, 0.6) is 5.75 Å². The molecule has 3 aromatic rings. The van der Waals surface area contributed by atoms with Gasteiger partial charge in [-0.2, -0.15) is 0 Å². The third-order valence-electron chi connectivity index (χ3n) is 5.60. The zero-order valence-electron chi connectivity index (χ0n) is 17.7. The van der Waals surface area contributed by atoms with Crippen molar-refractivity contribution in [2.45, 2.75) is 24.3 Å². The van der Waals surface area contributed by atoms with Gasteiger partial charge < -0.3 is 24.8 Å². The van der Waals surface area contributed by atoms with E-state index in [2.05, 4.69) is 20.6 Å². The van der Waals surface area contributed by atoms with Crippen LogP contribution in [0, 0.1) is 5.82 Å². The van der Waals surface area contributed by atoms with Gasteiger partial charge in [0.25, 0.3) is 5.91 Å². The SMILES string of the molecule is O=C(COc1ccccc1)NC1COC2C(Nc3nccc(-c4cccc(F)c4)n3)COC12. The molecule has 0 bridgehead atoms. The number of hydrogen-bond acceptors (Lipinski definition) is 7. The van der Waals surface area contributed by atoms with Gasteiger partial charge >= 0.3 is 0 Å². The van der Waals surface area contributed by atoms with Gasteiger partial charge in [-0.1, -0.05) is 30.3 Å². The molecule has 5 rings (SSSR count). The monoisotopic (exact) mass is 450 g/mol. The lowest BCUT2D eigenvalue weighted by Crippen LogP contribution is -2.46. The quantitative estimate of drug-likeness (QED) is 0.571. The number of hydrogen-bond donors (Lipinski definition) is 2. The fourth-order valence-electron chi connectivity index (χ4n) is 4.06. The van der Waals surface area contributed by atoms with Crippen LogP contribution in [0.3, 0.4) is 0 Å². The Hall–Kier alpha value is -3.56. The highest BCUT2D eigenvalue weighted by Crippen LogP contribution is 2.29. The van der Waals surface area contributed by atoms with Crippen molar-refractivity contribution in [2.24, 2.45) is 0 Å². The van der Waals surface area contributed by atoms with Crippen LogP contribution in [0.2, 0.25) is 0 Å². The van der Waals surface area contributed by atoms with Gasteiger partial charge in [0.15, 0.2) is 6.61 Å². The second-order valence-corrected chi connectivity index (χ2v) is 7.90. The number of amides is 1. The number of aromatic nitrogens is 2. The first-order chi connectivity index (χ1) is 16.2. The molecular formula is C24H23FN4O4. The van der Waals surface area contributed by atoms with Gasteiger partial charge in [-0.15, -0.1) is 0 Å². The minimum atomic E-state index is -0.325. The Morgan fingerprint density at radius 3 is 2.64 bits per heavy atom. The second kappa shape index (κ2) is 9.51. The fourth-order valence-corrected chi connectivity index (χ4v) is 4.06. The van der Waals surface area contributed by atoms with Crippen molar-refractivity contribution in [1.29, 1.82) is 0 Å². The number of nitrogens with one attached hydrogen (secondary N) is 2. The summed E-state index contributed by atoms with van der Waals surface area (Å²) in [6.07, 6.45) is 1.08. The summed E-state index contributed by atoms with van der Waals surface area (Å²) in [4.78, 5) is 21.1. The van der Waals surface area contributed by atoms with Gasteiger partial charge in [0.2, 0.25) is 5.95 Å². The van der Waals surface area contributed by atoms with Gasteiger partial charge in [-0.25, -0.2) is 14.4 Å². The lowest BCUT2D eigenvalue weighted by atomic mass is 10.1. The van der Waals surface area contributed by atoms with E-state index in [1.165, 1.54) is 12.1 Å².